The van der Waals surface area contributed by atoms with Crippen molar-refractivity contribution >= 4 is 11.8 Å². The van der Waals surface area contributed by atoms with Gasteiger partial charge in [0.15, 0.2) is 0 Å². The third-order valence-electron chi connectivity index (χ3n) is 4.65. The summed E-state index contributed by atoms with van der Waals surface area (Å²) >= 11 is 0. The van der Waals surface area contributed by atoms with E-state index in [1.807, 2.05) is 16.9 Å². The first-order valence-corrected chi connectivity index (χ1v) is 9.55. The molecule has 0 radical (unpaired) electrons. The van der Waals surface area contributed by atoms with E-state index in [1.165, 1.54) is 5.56 Å². The Bertz CT molecular complexity index is 945. The molecular formula is C20H25N7. The average Bonchev–Trinajstić information content (AvgIpc) is 3.33. The first kappa shape index (κ1) is 17.5. The summed E-state index contributed by atoms with van der Waals surface area (Å²) in [6.45, 7) is 8.16. The van der Waals surface area contributed by atoms with Crippen LogP contribution < -0.4 is 10.6 Å². The predicted octanol–water partition coefficient (Wildman–Crippen LogP) is 3.77. The zero-order chi connectivity index (χ0) is 18.8. The Kier molecular flexibility index (Phi) is 4.75. The monoisotopic (exact) mass is 363 g/mol. The van der Waals surface area contributed by atoms with Gasteiger partial charge in [-0.05, 0) is 44.4 Å². The number of pyridine rings is 1. The molecule has 0 atom stereocenters. The van der Waals surface area contributed by atoms with Crippen LogP contribution in [0, 0.1) is 0 Å². The van der Waals surface area contributed by atoms with E-state index in [9.17, 15) is 0 Å². The van der Waals surface area contributed by atoms with E-state index in [2.05, 4.69) is 53.6 Å². The van der Waals surface area contributed by atoms with E-state index in [0.717, 1.165) is 54.3 Å². The van der Waals surface area contributed by atoms with Crippen LogP contribution in [0.2, 0.25) is 0 Å². The molecule has 3 aromatic heterocycles. The molecule has 0 amide bonds. The molecule has 4 rings (SSSR count). The molecule has 1 aliphatic heterocycles. The van der Waals surface area contributed by atoms with Crippen molar-refractivity contribution < 1.29 is 0 Å². The molecule has 4 heterocycles. The van der Waals surface area contributed by atoms with Gasteiger partial charge in [0.25, 0.3) is 0 Å². The highest BCUT2D eigenvalue weighted by Gasteiger charge is 2.19. The molecular weight excluding hydrogens is 338 g/mol. The van der Waals surface area contributed by atoms with Crippen molar-refractivity contribution in [1.82, 2.24) is 24.7 Å². The van der Waals surface area contributed by atoms with E-state index in [-0.39, 0.29) is 6.04 Å². The molecule has 7 heteroatoms. The lowest BCUT2D eigenvalue weighted by Gasteiger charge is -2.06. The van der Waals surface area contributed by atoms with Crippen molar-refractivity contribution in [3.63, 3.8) is 0 Å². The summed E-state index contributed by atoms with van der Waals surface area (Å²) in [5, 5.41) is 11.4. The second-order valence-corrected chi connectivity index (χ2v) is 7.07. The number of anilines is 2. The third kappa shape index (κ3) is 3.49. The summed E-state index contributed by atoms with van der Waals surface area (Å²) in [5.74, 6) is 1.63. The van der Waals surface area contributed by atoms with Gasteiger partial charge in [-0.2, -0.15) is 5.10 Å². The maximum atomic E-state index is 4.85. The van der Waals surface area contributed by atoms with Crippen LogP contribution >= 0.6 is 0 Å². The molecule has 0 aromatic carbocycles. The van der Waals surface area contributed by atoms with Crippen molar-refractivity contribution in [2.75, 3.05) is 23.7 Å². The fraction of sp³-hybridized carbons (Fsp3) is 0.400. The number of nitrogens with one attached hydrogen (secondary N) is 2. The molecule has 1 aliphatic rings. The Morgan fingerprint density at radius 1 is 1.30 bits per heavy atom. The van der Waals surface area contributed by atoms with Crippen LogP contribution in [-0.2, 0) is 6.42 Å². The number of hydrogen-bond acceptors (Lipinski definition) is 6. The third-order valence-corrected chi connectivity index (χ3v) is 4.65. The van der Waals surface area contributed by atoms with Crippen molar-refractivity contribution in [3.8, 4) is 22.5 Å². The molecule has 140 valence electrons. The molecule has 0 aliphatic carbocycles. The van der Waals surface area contributed by atoms with E-state index in [1.54, 1.807) is 6.20 Å². The normalized spacial score (nSPS) is 12.9. The van der Waals surface area contributed by atoms with Crippen molar-refractivity contribution in [2.45, 2.75) is 39.7 Å². The SMILES string of the molecule is CCCNc1nccc(-c2cn(C(C)C)nc2-c2cnc3c(c2)CCN3)n1. The average molecular weight is 363 g/mol. The Balaban J connectivity index is 1.79. The first-order chi connectivity index (χ1) is 13.2. The van der Waals surface area contributed by atoms with Gasteiger partial charge in [-0.1, -0.05) is 6.92 Å². The molecule has 0 saturated carbocycles. The van der Waals surface area contributed by atoms with E-state index >= 15 is 0 Å². The minimum atomic E-state index is 0.265. The summed E-state index contributed by atoms with van der Waals surface area (Å²) in [5.41, 5.74) is 5.03. The summed E-state index contributed by atoms with van der Waals surface area (Å²) < 4.78 is 1.98. The van der Waals surface area contributed by atoms with Crippen molar-refractivity contribution in [3.05, 3.63) is 36.3 Å². The lowest BCUT2D eigenvalue weighted by molar-refractivity contribution is 0.534. The van der Waals surface area contributed by atoms with Crippen LogP contribution in [0.15, 0.2) is 30.7 Å². The zero-order valence-corrected chi connectivity index (χ0v) is 16.0. The lowest BCUT2D eigenvalue weighted by Crippen LogP contribution is -2.04. The predicted molar refractivity (Wildman–Crippen MR) is 108 cm³/mol. The molecule has 0 fully saturated rings. The Morgan fingerprint density at radius 2 is 2.19 bits per heavy atom. The highest BCUT2D eigenvalue weighted by molar-refractivity contribution is 5.79. The van der Waals surface area contributed by atoms with Gasteiger partial charge in [0.05, 0.1) is 5.69 Å². The summed E-state index contributed by atoms with van der Waals surface area (Å²) in [7, 11) is 0. The highest BCUT2D eigenvalue weighted by atomic mass is 15.3. The molecule has 0 spiro atoms. The van der Waals surface area contributed by atoms with Crippen molar-refractivity contribution in [2.24, 2.45) is 0 Å². The second kappa shape index (κ2) is 7.34. The smallest absolute Gasteiger partial charge is 0.223 e. The molecule has 2 N–H and O–H groups in total. The first-order valence-electron chi connectivity index (χ1n) is 9.55. The standard InChI is InChI=1S/C20H25N7/c1-4-7-22-20-23-9-6-17(25-20)16-12-27(13(2)3)26-18(16)15-10-14-5-8-21-19(14)24-11-15/h6,9-13H,4-5,7-8H2,1-3H3,(H,21,24)(H,22,23,25). The van der Waals surface area contributed by atoms with Crippen LogP contribution in [0.4, 0.5) is 11.8 Å². The molecule has 27 heavy (non-hydrogen) atoms. The Morgan fingerprint density at radius 3 is 3.00 bits per heavy atom. The lowest BCUT2D eigenvalue weighted by atomic mass is 10.1. The van der Waals surface area contributed by atoms with Crippen LogP contribution in [0.5, 0.6) is 0 Å². The van der Waals surface area contributed by atoms with Gasteiger partial charge in [0, 0.05) is 48.8 Å². The Hall–Kier alpha value is -2.96. The minimum Gasteiger partial charge on any atom is -0.370 e. The van der Waals surface area contributed by atoms with E-state index in [0.29, 0.717) is 5.95 Å². The number of nitrogens with zero attached hydrogens (tertiary/aromatic N) is 5. The van der Waals surface area contributed by atoms with Gasteiger partial charge in [0.2, 0.25) is 5.95 Å². The van der Waals surface area contributed by atoms with E-state index in [4.69, 9.17) is 10.1 Å². The van der Waals surface area contributed by atoms with Gasteiger partial charge < -0.3 is 10.6 Å². The van der Waals surface area contributed by atoms with E-state index < -0.39 is 0 Å². The van der Waals surface area contributed by atoms with Crippen LogP contribution in [0.1, 0.15) is 38.8 Å². The largest absolute Gasteiger partial charge is 0.370 e. The molecule has 3 aromatic rings. The number of fused-ring (bicyclic) bond motifs is 1. The van der Waals surface area contributed by atoms with Gasteiger partial charge in [0.1, 0.15) is 11.5 Å². The molecule has 0 unspecified atom stereocenters. The van der Waals surface area contributed by atoms with Gasteiger partial charge in [-0.25, -0.2) is 15.0 Å². The highest BCUT2D eigenvalue weighted by Crippen LogP contribution is 2.33. The van der Waals surface area contributed by atoms with Crippen LogP contribution in [0.25, 0.3) is 22.5 Å². The maximum absolute atomic E-state index is 4.85. The Labute approximate surface area is 159 Å². The molecule has 7 nitrogen and oxygen atoms in total. The van der Waals surface area contributed by atoms with Crippen LogP contribution in [0.3, 0.4) is 0 Å². The number of hydrogen-bond donors (Lipinski definition) is 2. The molecule has 0 saturated heterocycles. The van der Waals surface area contributed by atoms with Gasteiger partial charge in [-0.15, -0.1) is 0 Å². The minimum absolute atomic E-state index is 0.265. The maximum Gasteiger partial charge on any atom is 0.223 e. The number of aromatic nitrogens is 5. The second-order valence-electron chi connectivity index (χ2n) is 7.07. The summed E-state index contributed by atoms with van der Waals surface area (Å²) in [6.07, 6.45) is 7.78. The number of rotatable bonds is 6. The fourth-order valence-corrected chi connectivity index (χ4v) is 3.19. The topological polar surface area (TPSA) is 80.5 Å². The zero-order valence-electron chi connectivity index (χ0n) is 16.0. The van der Waals surface area contributed by atoms with Crippen LogP contribution in [-0.4, -0.2) is 37.8 Å². The summed E-state index contributed by atoms with van der Waals surface area (Å²) in [4.78, 5) is 13.6. The fourth-order valence-electron chi connectivity index (χ4n) is 3.19. The molecule has 0 bridgehead atoms. The van der Waals surface area contributed by atoms with Gasteiger partial charge in [-0.3, -0.25) is 4.68 Å². The van der Waals surface area contributed by atoms with Gasteiger partial charge >= 0.3 is 0 Å². The summed E-state index contributed by atoms with van der Waals surface area (Å²) in [6, 6.07) is 4.39. The van der Waals surface area contributed by atoms with Crippen molar-refractivity contribution in [1.29, 1.82) is 0 Å². The quantitative estimate of drug-likeness (QED) is 0.694.